The quantitative estimate of drug-likeness (QED) is 0.920. The van der Waals surface area contributed by atoms with Gasteiger partial charge in [-0.3, -0.25) is 10.1 Å². The summed E-state index contributed by atoms with van der Waals surface area (Å²) in [5.74, 6) is 0. The molecule has 2 rings (SSSR count). The second-order valence-corrected chi connectivity index (χ2v) is 6.30. The fourth-order valence-corrected chi connectivity index (χ4v) is 3.28. The number of aromatic nitrogens is 3. The Kier molecular flexibility index (Phi) is 3.68. The minimum absolute atomic E-state index is 0.205. The van der Waals surface area contributed by atoms with Gasteiger partial charge in [0.15, 0.2) is 0 Å². The first-order chi connectivity index (χ1) is 8.94. The Balaban J connectivity index is 2.34. The highest BCUT2D eigenvalue weighted by Crippen LogP contribution is 2.25. The van der Waals surface area contributed by atoms with E-state index < -0.39 is 10.0 Å². The largest absolute Gasteiger partial charge is 0.281 e. The molecule has 2 aromatic rings. The van der Waals surface area contributed by atoms with Gasteiger partial charge in [-0.2, -0.15) is 9.40 Å². The number of sulfonamides is 1. The van der Waals surface area contributed by atoms with Crippen LogP contribution in [0.15, 0.2) is 35.6 Å². The van der Waals surface area contributed by atoms with Crippen LogP contribution in [0, 0.1) is 6.92 Å². The molecule has 1 unspecified atom stereocenters. The standard InChI is InChI=1S/C12H16N4O2S/c1-9-12(8-14-15-9)19(17,18)16(3)10(2)11-4-6-13-7-5-11/h4-8,10H,1-3H3,(H,14,15). The fourth-order valence-electron chi connectivity index (χ4n) is 1.81. The number of H-pyrrole nitrogens is 1. The van der Waals surface area contributed by atoms with Crippen LogP contribution >= 0.6 is 0 Å². The molecule has 0 aliphatic heterocycles. The maximum absolute atomic E-state index is 12.5. The fraction of sp³-hybridized carbons (Fsp3) is 0.333. The molecule has 0 spiro atoms. The van der Waals surface area contributed by atoms with Gasteiger partial charge in [-0.15, -0.1) is 0 Å². The van der Waals surface area contributed by atoms with Gasteiger partial charge in [0, 0.05) is 25.5 Å². The van der Waals surface area contributed by atoms with Crippen LogP contribution in [0.1, 0.15) is 24.2 Å². The highest BCUT2D eigenvalue weighted by molar-refractivity contribution is 7.89. The number of nitrogens with zero attached hydrogens (tertiary/aromatic N) is 3. The van der Waals surface area contributed by atoms with E-state index in [1.807, 2.05) is 6.92 Å². The zero-order valence-corrected chi connectivity index (χ0v) is 11.8. The predicted molar refractivity (Wildman–Crippen MR) is 70.9 cm³/mol. The van der Waals surface area contributed by atoms with E-state index in [1.165, 1.54) is 10.5 Å². The molecule has 19 heavy (non-hydrogen) atoms. The lowest BCUT2D eigenvalue weighted by atomic mass is 10.1. The highest BCUT2D eigenvalue weighted by Gasteiger charge is 2.28. The summed E-state index contributed by atoms with van der Waals surface area (Å²) < 4.78 is 26.3. The summed E-state index contributed by atoms with van der Waals surface area (Å²) in [6.07, 6.45) is 4.63. The van der Waals surface area contributed by atoms with Gasteiger partial charge in [-0.1, -0.05) is 0 Å². The van der Waals surface area contributed by atoms with Gasteiger partial charge in [-0.05, 0) is 31.5 Å². The molecule has 0 aliphatic carbocycles. The number of aromatic amines is 1. The van der Waals surface area contributed by atoms with Crippen molar-refractivity contribution in [1.29, 1.82) is 0 Å². The summed E-state index contributed by atoms with van der Waals surface area (Å²) in [5.41, 5.74) is 1.43. The summed E-state index contributed by atoms with van der Waals surface area (Å²) in [6.45, 7) is 3.52. The Morgan fingerprint density at radius 1 is 1.32 bits per heavy atom. The molecule has 0 aliphatic rings. The van der Waals surface area contributed by atoms with E-state index in [0.29, 0.717) is 5.69 Å². The van der Waals surface area contributed by atoms with Gasteiger partial charge < -0.3 is 0 Å². The van der Waals surface area contributed by atoms with E-state index in [9.17, 15) is 8.42 Å². The Morgan fingerprint density at radius 3 is 2.47 bits per heavy atom. The molecule has 6 nitrogen and oxygen atoms in total. The molecular weight excluding hydrogens is 264 g/mol. The van der Waals surface area contributed by atoms with E-state index in [-0.39, 0.29) is 10.9 Å². The van der Waals surface area contributed by atoms with Crippen LogP contribution in [0.25, 0.3) is 0 Å². The van der Waals surface area contributed by atoms with Crippen molar-refractivity contribution >= 4 is 10.0 Å². The van der Waals surface area contributed by atoms with Gasteiger partial charge >= 0.3 is 0 Å². The molecular formula is C12H16N4O2S. The smallest absolute Gasteiger partial charge is 0.246 e. The van der Waals surface area contributed by atoms with E-state index in [2.05, 4.69) is 15.2 Å². The van der Waals surface area contributed by atoms with Crippen molar-refractivity contribution < 1.29 is 8.42 Å². The van der Waals surface area contributed by atoms with Crippen LogP contribution in [0.3, 0.4) is 0 Å². The third kappa shape index (κ3) is 2.52. The van der Waals surface area contributed by atoms with Crippen molar-refractivity contribution in [2.75, 3.05) is 7.05 Å². The Bertz CT molecular complexity index is 651. The maximum atomic E-state index is 12.5. The van der Waals surface area contributed by atoms with Gasteiger partial charge in [0.2, 0.25) is 10.0 Å². The lowest BCUT2D eigenvalue weighted by Gasteiger charge is -2.24. The first-order valence-electron chi connectivity index (χ1n) is 5.82. The van der Waals surface area contributed by atoms with Gasteiger partial charge in [0.25, 0.3) is 0 Å². The van der Waals surface area contributed by atoms with E-state index in [4.69, 9.17) is 0 Å². The topological polar surface area (TPSA) is 79.0 Å². The zero-order chi connectivity index (χ0) is 14.0. The lowest BCUT2D eigenvalue weighted by Crippen LogP contribution is -2.30. The predicted octanol–water partition coefficient (Wildman–Crippen LogP) is 1.49. The molecule has 0 aromatic carbocycles. The molecule has 0 saturated heterocycles. The molecule has 0 amide bonds. The van der Waals surface area contributed by atoms with Gasteiger partial charge in [-0.25, -0.2) is 8.42 Å². The van der Waals surface area contributed by atoms with Crippen molar-refractivity contribution in [2.24, 2.45) is 0 Å². The van der Waals surface area contributed by atoms with Crippen LogP contribution in [-0.4, -0.2) is 35.0 Å². The van der Waals surface area contributed by atoms with Crippen molar-refractivity contribution in [3.05, 3.63) is 42.0 Å². The second kappa shape index (κ2) is 5.10. The average Bonchev–Trinajstić information content (AvgIpc) is 2.85. The zero-order valence-electron chi connectivity index (χ0n) is 11.0. The normalized spacial score (nSPS) is 13.7. The Hall–Kier alpha value is -1.73. The molecule has 1 atom stereocenters. The van der Waals surface area contributed by atoms with Gasteiger partial charge in [0.05, 0.1) is 11.9 Å². The Morgan fingerprint density at radius 2 is 1.95 bits per heavy atom. The molecule has 0 fully saturated rings. The number of pyridine rings is 1. The van der Waals surface area contributed by atoms with Crippen LogP contribution in [0.4, 0.5) is 0 Å². The molecule has 0 saturated carbocycles. The molecule has 102 valence electrons. The Labute approximate surface area is 112 Å². The molecule has 0 radical (unpaired) electrons. The van der Waals surface area contributed by atoms with E-state index >= 15 is 0 Å². The monoisotopic (exact) mass is 280 g/mol. The van der Waals surface area contributed by atoms with E-state index in [1.54, 1.807) is 38.5 Å². The number of nitrogens with one attached hydrogen (secondary N) is 1. The van der Waals surface area contributed by atoms with E-state index in [0.717, 1.165) is 5.56 Å². The minimum atomic E-state index is -3.55. The highest BCUT2D eigenvalue weighted by atomic mass is 32.2. The van der Waals surface area contributed by atoms with Crippen molar-refractivity contribution in [3.8, 4) is 0 Å². The third-order valence-electron chi connectivity index (χ3n) is 3.17. The summed E-state index contributed by atoms with van der Waals surface area (Å²) in [7, 11) is -1.99. The van der Waals surface area contributed by atoms with Crippen LogP contribution < -0.4 is 0 Å². The number of hydrogen-bond acceptors (Lipinski definition) is 4. The molecule has 2 heterocycles. The maximum Gasteiger partial charge on any atom is 0.246 e. The third-order valence-corrected chi connectivity index (χ3v) is 5.22. The van der Waals surface area contributed by atoms with Crippen LogP contribution in [0.2, 0.25) is 0 Å². The van der Waals surface area contributed by atoms with Crippen molar-refractivity contribution in [3.63, 3.8) is 0 Å². The first-order valence-corrected chi connectivity index (χ1v) is 7.26. The average molecular weight is 280 g/mol. The lowest BCUT2D eigenvalue weighted by molar-refractivity contribution is 0.398. The summed E-state index contributed by atoms with van der Waals surface area (Å²) in [5, 5.41) is 6.40. The summed E-state index contributed by atoms with van der Waals surface area (Å²) in [4.78, 5) is 4.13. The van der Waals surface area contributed by atoms with Gasteiger partial charge in [0.1, 0.15) is 4.90 Å². The molecule has 0 bridgehead atoms. The van der Waals surface area contributed by atoms with Crippen molar-refractivity contribution in [2.45, 2.75) is 24.8 Å². The number of aryl methyl sites for hydroxylation is 1. The summed E-state index contributed by atoms with van der Waals surface area (Å²) in [6, 6.07) is 3.33. The number of hydrogen-bond donors (Lipinski definition) is 1. The minimum Gasteiger partial charge on any atom is -0.281 e. The number of rotatable bonds is 4. The molecule has 7 heteroatoms. The molecule has 2 aromatic heterocycles. The SMILES string of the molecule is Cc1[nH]ncc1S(=O)(=O)N(C)C(C)c1ccncc1. The second-order valence-electron chi connectivity index (χ2n) is 4.34. The van der Waals surface area contributed by atoms with Crippen molar-refractivity contribution in [1.82, 2.24) is 19.5 Å². The first kappa shape index (κ1) is 13.7. The van der Waals surface area contributed by atoms with Crippen LogP contribution in [0.5, 0.6) is 0 Å². The summed E-state index contributed by atoms with van der Waals surface area (Å²) >= 11 is 0. The molecule has 1 N–H and O–H groups in total. The van der Waals surface area contributed by atoms with Crippen LogP contribution in [-0.2, 0) is 10.0 Å².